The average molecular weight is 548 g/mol. The summed E-state index contributed by atoms with van der Waals surface area (Å²) in [6.07, 6.45) is 1.86. The molecular weight excluding hydrogens is 513 g/mol. The number of aromatic nitrogens is 2. The number of aryl methyl sites for hydroxylation is 1. The van der Waals surface area contributed by atoms with E-state index in [9.17, 15) is 4.79 Å². The van der Waals surface area contributed by atoms with Crippen LogP contribution in [0.25, 0.3) is 0 Å². The van der Waals surface area contributed by atoms with E-state index in [1.807, 2.05) is 31.5 Å². The maximum Gasteiger partial charge on any atom is 0.250 e. The number of ether oxygens (including phenoxy) is 1. The minimum absolute atomic E-state index is 0. The summed E-state index contributed by atoms with van der Waals surface area (Å²) in [5.74, 6) is 0.870. The number of guanidine groups is 1. The first kappa shape index (κ1) is 26.6. The lowest BCUT2D eigenvalue weighted by molar-refractivity contribution is 0.119. The second-order valence-corrected chi connectivity index (χ2v) is 7.90. The fraction of sp³-hybridized carbons (Fsp3) is 0.571. The fourth-order valence-corrected chi connectivity index (χ4v) is 3.79. The number of methoxy groups -OCH3 is 1. The quantitative estimate of drug-likeness (QED) is 0.212. The summed E-state index contributed by atoms with van der Waals surface area (Å²) < 4.78 is 7.16. The molecule has 1 atom stereocenters. The first-order valence-corrected chi connectivity index (χ1v) is 11.0. The van der Waals surface area contributed by atoms with Crippen molar-refractivity contribution < 1.29 is 4.74 Å². The van der Waals surface area contributed by atoms with Crippen LogP contribution in [0.4, 0.5) is 0 Å². The fourth-order valence-electron chi connectivity index (χ4n) is 2.95. The van der Waals surface area contributed by atoms with Crippen LogP contribution in [0.5, 0.6) is 0 Å². The molecule has 0 aromatic carbocycles. The Morgan fingerprint density at radius 1 is 1.40 bits per heavy atom. The van der Waals surface area contributed by atoms with E-state index >= 15 is 0 Å². The van der Waals surface area contributed by atoms with Crippen molar-refractivity contribution in [3.8, 4) is 0 Å². The number of unbranched alkanes of at least 4 members (excludes halogenated alkanes) is 1. The molecule has 0 saturated heterocycles. The van der Waals surface area contributed by atoms with Crippen molar-refractivity contribution in [1.29, 1.82) is 0 Å². The van der Waals surface area contributed by atoms with Gasteiger partial charge in [-0.25, -0.2) is 4.98 Å². The van der Waals surface area contributed by atoms with Gasteiger partial charge in [0.2, 0.25) is 0 Å². The molecule has 30 heavy (non-hydrogen) atoms. The van der Waals surface area contributed by atoms with Gasteiger partial charge in [-0.05, 0) is 39.7 Å². The van der Waals surface area contributed by atoms with Crippen LogP contribution < -0.4 is 10.9 Å². The van der Waals surface area contributed by atoms with Crippen molar-refractivity contribution in [1.82, 2.24) is 19.8 Å². The van der Waals surface area contributed by atoms with Gasteiger partial charge in [-0.15, -0.1) is 35.3 Å². The summed E-state index contributed by atoms with van der Waals surface area (Å²) in [5.41, 5.74) is 2.08. The van der Waals surface area contributed by atoms with E-state index in [1.54, 1.807) is 30.6 Å². The number of hydrogen-bond donors (Lipinski definition) is 1. The van der Waals surface area contributed by atoms with Gasteiger partial charge in [0.05, 0.1) is 12.2 Å². The molecule has 0 aliphatic carbocycles. The highest BCUT2D eigenvalue weighted by molar-refractivity contribution is 14.0. The van der Waals surface area contributed by atoms with Crippen molar-refractivity contribution in [3.05, 3.63) is 50.3 Å². The summed E-state index contributed by atoms with van der Waals surface area (Å²) in [6, 6.07) is 5.38. The molecule has 2 rings (SSSR count). The van der Waals surface area contributed by atoms with E-state index in [4.69, 9.17) is 9.73 Å². The van der Waals surface area contributed by atoms with Gasteiger partial charge >= 0.3 is 0 Å². The highest BCUT2D eigenvalue weighted by Gasteiger charge is 2.12. The number of hydrogen-bond acceptors (Lipinski definition) is 5. The molecule has 9 heteroatoms. The number of nitrogens with one attached hydrogen (secondary N) is 1. The van der Waals surface area contributed by atoms with E-state index in [1.165, 1.54) is 0 Å². The van der Waals surface area contributed by atoms with Crippen LogP contribution in [0, 0.1) is 6.92 Å². The van der Waals surface area contributed by atoms with Crippen molar-refractivity contribution in [3.63, 3.8) is 0 Å². The lowest BCUT2D eigenvalue weighted by Crippen LogP contribution is -2.38. The molecule has 168 valence electrons. The number of rotatable bonds is 10. The minimum Gasteiger partial charge on any atom is -0.375 e. The number of halogens is 1. The van der Waals surface area contributed by atoms with Crippen LogP contribution in [-0.2, 0) is 17.8 Å². The standard InChI is InChI=1S/C21H33N5O2S.HI/c1-6-22-21(25(4)14-18-15-29-20(24-18)17(3)28-5)23-12-7-8-13-26-16(2)10-9-11-19(26)27;/h9-11,15,17H,6-8,12-14H2,1-5H3,(H,22,23);1H. The van der Waals surface area contributed by atoms with Crippen LogP contribution in [0.3, 0.4) is 0 Å². The molecule has 0 spiro atoms. The maximum atomic E-state index is 11.9. The summed E-state index contributed by atoms with van der Waals surface area (Å²) in [7, 11) is 3.72. The number of nitrogens with zero attached hydrogens (tertiary/aromatic N) is 4. The molecule has 0 amide bonds. The molecule has 0 radical (unpaired) electrons. The lowest BCUT2D eigenvalue weighted by atomic mass is 10.3. The Bertz CT molecular complexity index is 852. The van der Waals surface area contributed by atoms with Crippen LogP contribution in [0.2, 0.25) is 0 Å². The van der Waals surface area contributed by atoms with Gasteiger partial charge < -0.3 is 19.5 Å². The van der Waals surface area contributed by atoms with Gasteiger partial charge in [-0.1, -0.05) is 6.07 Å². The normalized spacial score (nSPS) is 12.4. The molecule has 2 aromatic heterocycles. The molecule has 0 saturated carbocycles. The molecular formula is C21H34IN5O2S. The first-order chi connectivity index (χ1) is 14.0. The highest BCUT2D eigenvalue weighted by Crippen LogP contribution is 2.20. The lowest BCUT2D eigenvalue weighted by Gasteiger charge is -2.21. The van der Waals surface area contributed by atoms with E-state index < -0.39 is 0 Å². The number of pyridine rings is 1. The van der Waals surface area contributed by atoms with Gasteiger partial charge in [-0.3, -0.25) is 9.79 Å². The van der Waals surface area contributed by atoms with E-state index in [0.717, 1.165) is 54.8 Å². The topological polar surface area (TPSA) is 71.8 Å². The summed E-state index contributed by atoms with van der Waals surface area (Å²) in [4.78, 5) is 23.4. The highest BCUT2D eigenvalue weighted by atomic mass is 127. The van der Waals surface area contributed by atoms with Crippen LogP contribution in [-0.4, -0.2) is 47.7 Å². The van der Waals surface area contributed by atoms with Crippen LogP contribution >= 0.6 is 35.3 Å². The third kappa shape index (κ3) is 7.99. The Kier molecular flexibility index (Phi) is 12.2. The summed E-state index contributed by atoms with van der Waals surface area (Å²) in [5, 5.41) is 6.41. The van der Waals surface area contributed by atoms with Gasteiger partial charge in [0, 0.05) is 50.9 Å². The van der Waals surface area contributed by atoms with Gasteiger partial charge in [-0.2, -0.15) is 0 Å². The Morgan fingerprint density at radius 2 is 2.17 bits per heavy atom. The third-order valence-electron chi connectivity index (χ3n) is 4.69. The second kappa shape index (κ2) is 13.8. The molecule has 7 nitrogen and oxygen atoms in total. The largest absolute Gasteiger partial charge is 0.375 e. The van der Waals surface area contributed by atoms with Crippen molar-refractivity contribution >= 4 is 41.3 Å². The zero-order valence-corrected chi connectivity index (χ0v) is 21.7. The predicted octanol–water partition coefficient (Wildman–Crippen LogP) is 3.82. The first-order valence-electron chi connectivity index (χ1n) is 10.1. The van der Waals surface area contributed by atoms with Gasteiger partial charge in [0.25, 0.3) is 5.56 Å². The van der Waals surface area contributed by atoms with E-state index in [-0.39, 0.29) is 35.6 Å². The Balaban J connectivity index is 0.00000450. The smallest absolute Gasteiger partial charge is 0.250 e. The molecule has 0 bridgehead atoms. The second-order valence-electron chi connectivity index (χ2n) is 7.01. The van der Waals surface area contributed by atoms with E-state index in [0.29, 0.717) is 6.54 Å². The zero-order chi connectivity index (χ0) is 21.2. The Labute approximate surface area is 200 Å². The number of thiazole rings is 1. The van der Waals surface area contributed by atoms with Gasteiger partial charge in [0.1, 0.15) is 11.1 Å². The van der Waals surface area contributed by atoms with Crippen molar-refractivity contribution in [2.45, 2.75) is 52.8 Å². The van der Waals surface area contributed by atoms with Crippen molar-refractivity contribution in [2.24, 2.45) is 4.99 Å². The van der Waals surface area contributed by atoms with Crippen LogP contribution in [0.1, 0.15) is 49.2 Å². The molecule has 1 unspecified atom stereocenters. The maximum absolute atomic E-state index is 11.9. The van der Waals surface area contributed by atoms with Gasteiger partial charge in [0.15, 0.2) is 5.96 Å². The third-order valence-corrected chi connectivity index (χ3v) is 5.74. The Morgan fingerprint density at radius 3 is 2.83 bits per heavy atom. The molecule has 2 aromatic rings. The monoisotopic (exact) mass is 547 g/mol. The van der Waals surface area contributed by atoms with E-state index in [2.05, 4.69) is 27.5 Å². The predicted molar refractivity (Wildman–Crippen MR) is 135 cm³/mol. The summed E-state index contributed by atoms with van der Waals surface area (Å²) >= 11 is 1.62. The SMILES string of the molecule is CCNC(=NCCCCn1c(C)cccc1=O)N(C)Cc1csc(C(C)OC)n1.I. The van der Waals surface area contributed by atoms with Crippen LogP contribution in [0.15, 0.2) is 33.4 Å². The zero-order valence-electron chi connectivity index (χ0n) is 18.6. The Hall–Kier alpha value is -1.46. The van der Waals surface area contributed by atoms with Crippen molar-refractivity contribution in [2.75, 3.05) is 27.2 Å². The summed E-state index contributed by atoms with van der Waals surface area (Å²) in [6.45, 7) is 8.98. The molecule has 0 fully saturated rings. The average Bonchev–Trinajstić information content (AvgIpc) is 3.16. The minimum atomic E-state index is 0. The molecule has 0 aliphatic rings. The number of aliphatic imine (C=N–C) groups is 1. The molecule has 2 heterocycles. The molecule has 0 aliphatic heterocycles. The molecule has 1 N–H and O–H groups in total.